The van der Waals surface area contributed by atoms with Crippen molar-refractivity contribution in [1.29, 1.82) is 0 Å². The number of rotatable bonds is 4. The minimum atomic E-state index is -5.89. The molecule has 0 saturated heterocycles. The molecule has 12 heteroatoms. The molecule has 0 saturated carbocycles. The fourth-order valence-electron chi connectivity index (χ4n) is 2.96. The average Bonchev–Trinajstić information content (AvgIpc) is 3.06. The first-order valence-electron chi connectivity index (χ1n) is 8.93. The largest absolute Gasteiger partial charge is 0.480 e. The number of alkyl halides is 6. The molecular formula is C20H16F6N3O3+. The van der Waals surface area contributed by atoms with E-state index in [0.29, 0.717) is 17.8 Å². The molecule has 32 heavy (non-hydrogen) atoms. The molecule has 0 fully saturated rings. The molecule has 2 amide bonds. The van der Waals surface area contributed by atoms with Gasteiger partial charge in [0.25, 0.3) is 0 Å². The van der Waals surface area contributed by atoms with Gasteiger partial charge in [-0.15, -0.1) is 0 Å². The molecule has 0 aliphatic carbocycles. The lowest BCUT2D eigenvalue weighted by molar-refractivity contribution is -0.376. The van der Waals surface area contributed by atoms with Crippen molar-refractivity contribution in [2.75, 3.05) is 10.6 Å². The maximum atomic E-state index is 13.1. The topological polar surface area (TPSA) is 90.1 Å². The molecule has 0 spiro atoms. The van der Waals surface area contributed by atoms with E-state index in [1.165, 1.54) is 6.92 Å². The van der Waals surface area contributed by atoms with Gasteiger partial charge in [-0.3, -0.25) is 5.32 Å². The molecule has 2 aromatic carbocycles. The predicted octanol–water partition coefficient (Wildman–Crippen LogP) is 5.34. The van der Waals surface area contributed by atoms with E-state index in [1.54, 1.807) is 30.3 Å². The minimum absolute atomic E-state index is 0.0903. The van der Waals surface area contributed by atoms with Crippen LogP contribution < -0.4 is 10.6 Å². The number of aromatic nitrogens is 1. The number of benzene rings is 2. The first-order valence-corrected chi connectivity index (χ1v) is 8.93. The van der Waals surface area contributed by atoms with Crippen LogP contribution in [-0.2, 0) is 5.60 Å². The Balaban J connectivity index is 1.90. The number of nitrogens with one attached hydrogen (secondary N) is 2. The number of para-hydroxylation sites is 1. The van der Waals surface area contributed by atoms with Crippen LogP contribution in [0.4, 0.5) is 42.6 Å². The van der Waals surface area contributed by atoms with Crippen LogP contribution in [0.2, 0.25) is 0 Å². The van der Waals surface area contributed by atoms with Crippen LogP contribution in [0, 0.1) is 6.92 Å². The van der Waals surface area contributed by atoms with E-state index in [1.807, 2.05) is 0 Å². The predicted molar refractivity (Wildman–Crippen MR) is 103 cm³/mol. The van der Waals surface area contributed by atoms with E-state index in [0.717, 1.165) is 12.1 Å². The molecule has 3 aromatic rings. The Bertz CT molecular complexity index is 1080. The molecule has 0 radical (unpaired) electrons. The van der Waals surface area contributed by atoms with Crippen LogP contribution in [0.3, 0.4) is 0 Å². The lowest BCUT2D eigenvalue weighted by Crippen LogP contribution is -2.53. The van der Waals surface area contributed by atoms with Crippen molar-refractivity contribution >= 4 is 17.5 Å². The van der Waals surface area contributed by atoms with E-state index in [9.17, 15) is 31.1 Å². The van der Waals surface area contributed by atoms with Gasteiger partial charge in [-0.2, -0.15) is 26.3 Å². The Kier molecular flexibility index (Phi) is 5.92. The SMILES string of the molecule is Cc1onc(NC(=O)Nc2ccccc2)c1-c1ccc(C([OH2+])(C(F)(F)F)C(F)(F)F)cc1. The van der Waals surface area contributed by atoms with E-state index in [2.05, 4.69) is 15.8 Å². The second-order valence-electron chi connectivity index (χ2n) is 6.73. The molecule has 4 N–H and O–H groups in total. The van der Waals surface area contributed by atoms with Gasteiger partial charge in [0.1, 0.15) is 5.76 Å². The maximum absolute atomic E-state index is 13.1. The summed E-state index contributed by atoms with van der Waals surface area (Å²) in [5, 5.41) is 15.8. The van der Waals surface area contributed by atoms with Gasteiger partial charge in [-0.1, -0.05) is 35.5 Å². The van der Waals surface area contributed by atoms with Crippen molar-refractivity contribution in [1.82, 2.24) is 5.16 Å². The minimum Gasteiger partial charge on any atom is -0.424 e. The third-order valence-corrected chi connectivity index (χ3v) is 4.58. The van der Waals surface area contributed by atoms with Crippen molar-refractivity contribution in [3.63, 3.8) is 0 Å². The van der Waals surface area contributed by atoms with Crippen LogP contribution >= 0.6 is 0 Å². The van der Waals surface area contributed by atoms with Crippen LogP contribution in [0.25, 0.3) is 11.1 Å². The van der Waals surface area contributed by atoms with Gasteiger partial charge in [0.05, 0.1) is 11.1 Å². The zero-order valence-electron chi connectivity index (χ0n) is 16.2. The fraction of sp³-hybridized carbons (Fsp3) is 0.200. The van der Waals surface area contributed by atoms with Gasteiger partial charge < -0.3 is 14.9 Å². The summed E-state index contributed by atoms with van der Waals surface area (Å²) < 4.78 is 83.8. The molecule has 0 atom stereocenters. The Hall–Kier alpha value is -3.54. The molecule has 3 rings (SSSR count). The van der Waals surface area contributed by atoms with Gasteiger partial charge >= 0.3 is 24.0 Å². The van der Waals surface area contributed by atoms with E-state index in [4.69, 9.17) is 9.63 Å². The summed E-state index contributed by atoms with van der Waals surface area (Å²) in [5.41, 5.74) is -5.32. The van der Waals surface area contributed by atoms with Gasteiger partial charge in [0.2, 0.25) is 0 Å². The van der Waals surface area contributed by atoms with Crippen LogP contribution in [0.1, 0.15) is 11.3 Å². The molecule has 170 valence electrons. The first kappa shape index (κ1) is 23.1. The van der Waals surface area contributed by atoms with Crippen molar-refractivity contribution in [2.45, 2.75) is 24.9 Å². The molecule has 0 aliphatic heterocycles. The van der Waals surface area contributed by atoms with Gasteiger partial charge in [0, 0.05) is 5.69 Å². The molecule has 1 heterocycles. The van der Waals surface area contributed by atoms with Crippen LogP contribution in [0.15, 0.2) is 59.1 Å². The van der Waals surface area contributed by atoms with Crippen molar-refractivity contribution in [3.8, 4) is 11.1 Å². The molecule has 1 aromatic heterocycles. The smallest absolute Gasteiger partial charge is 0.424 e. The summed E-state index contributed by atoms with van der Waals surface area (Å²) in [6.07, 6.45) is -11.8. The average molecular weight is 460 g/mol. The first-order chi connectivity index (χ1) is 14.8. The van der Waals surface area contributed by atoms with Gasteiger partial charge in [-0.25, -0.2) is 4.79 Å². The number of hydrogen-bond acceptors (Lipinski definition) is 3. The standard InChI is InChI=1S/C20H15F6N3O3/c1-11-15(16(29-32-11)28-17(30)27-14-5-3-2-4-6-14)12-7-9-13(10-8-12)18(31,19(21,22)23)20(24,25)26/h2-10,31H,1H3,(H2,27,28,29,30)/p+1. The number of hydrogen-bond donors (Lipinski definition) is 2. The zero-order chi connectivity index (χ0) is 23.7. The molecule has 0 unspecified atom stereocenters. The number of anilines is 2. The van der Waals surface area contributed by atoms with Crippen LogP contribution in [-0.4, -0.2) is 28.6 Å². The number of carbonyl (C=O) groups is 1. The highest BCUT2D eigenvalue weighted by atomic mass is 19.4. The van der Waals surface area contributed by atoms with Crippen molar-refractivity contribution in [3.05, 3.63) is 65.9 Å². The highest BCUT2D eigenvalue weighted by Gasteiger charge is 2.76. The number of nitrogens with zero attached hydrogens (tertiary/aromatic N) is 1. The van der Waals surface area contributed by atoms with Crippen molar-refractivity contribution < 1.29 is 40.8 Å². The lowest BCUT2D eigenvalue weighted by atomic mass is 9.90. The second-order valence-corrected chi connectivity index (χ2v) is 6.73. The molecular weight excluding hydrogens is 444 g/mol. The molecule has 0 aliphatic rings. The highest BCUT2D eigenvalue weighted by molar-refractivity contribution is 6.01. The van der Waals surface area contributed by atoms with Crippen molar-refractivity contribution in [2.24, 2.45) is 0 Å². The number of aryl methyl sites for hydroxylation is 1. The third-order valence-electron chi connectivity index (χ3n) is 4.58. The summed E-state index contributed by atoms with van der Waals surface area (Å²) in [6, 6.07) is 10.7. The Morgan fingerprint density at radius 2 is 1.47 bits per heavy atom. The number of carbonyl (C=O) groups excluding carboxylic acids is 1. The number of halogens is 6. The quantitative estimate of drug-likeness (QED) is 0.407. The van der Waals surface area contributed by atoms with Gasteiger partial charge in [-0.05, 0) is 36.8 Å². The lowest BCUT2D eigenvalue weighted by Gasteiger charge is -2.28. The normalized spacial score (nSPS) is 12.5. The number of urea groups is 1. The number of amides is 2. The summed E-state index contributed by atoms with van der Waals surface area (Å²) in [5.74, 6) is 0.0731. The maximum Gasteiger partial charge on any atom is 0.480 e. The third kappa shape index (κ3) is 4.26. The Morgan fingerprint density at radius 1 is 0.906 bits per heavy atom. The fourth-order valence-corrected chi connectivity index (χ4v) is 2.96. The van der Waals surface area contributed by atoms with Crippen LogP contribution in [0.5, 0.6) is 0 Å². The van der Waals surface area contributed by atoms with E-state index < -0.39 is 29.5 Å². The monoisotopic (exact) mass is 460 g/mol. The zero-order valence-corrected chi connectivity index (χ0v) is 16.2. The van der Waals surface area contributed by atoms with E-state index >= 15 is 0 Å². The summed E-state index contributed by atoms with van der Waals surface area (Å²) in [4.78, 5) is 12.2. The Labute approximate surface area is 176 Å². The Morgan fingerprint density at radius 3 is 2.00 bits per heavy atom. The second kappa shape index (κ2) is 8.19. The van der Waals surface area contributed by atoms with Gasteiger partial charge in [0.15, 0.2) is 5.82 Å². The highest BCUT2D eigenvalue weighted by Crippen LogP contribution is 2.50. The summed E-state index contributed by atoms with van der Waals surface area (Å²) in [7, 11) is 0. The summed E-state index contributed by atoms with van der Waals surface area (Å²) in [6.45, 7) is 1.46. The van der Waals surface area contributed by atoms with E-state index in [-0.39, 0.29) is 22.7 Å². The molecule has 6 nitrogen and oxygen atoms in total. The molecule has 0 bridgehead atoms. The summed E-state index contributed by atoms with van der Waals surface area (Å²) >= 11 is 0.